The lowest BCUT2D eigenvalue weighted by Gasteiger charge is -2.15. The van der Waals surface area contributed by atoms with Gasteiger partial charge in [0.25, 0.3) is 0 Å². The maximum absolute atomic E-state index is 11.7. The van der Waals surface area contributed by atoms with Crippen molar-refractivity contribution in [2.24, 2.45) is 21.9 Å². The van der Waals surface area contributed by atoms with E-state index in [1.807, 2.05) is 0 Å². The van der Waals surface area contributed by atoms with Gasteiger partial charge in [0.05, 0.1) is 24.3 Å². The lowest BCUT2D eigenvalue weighted by Crippen LogP contribution is -2.23. The van der Waals surface area contributed by atoms with Gasteiger partial charge in [0.2, 0.25) is 11.8 Å². The Bertz CT molecular complexity index is 462. The van der Waals surface area contributed by atoms with Gasteiger partial charge in [-0.15, -0.1) is 0 Å². The number of nitrogens with zero attached hydrogens (tertiary/aromatic N) is 4. The summed E-state index contributed by atoms with van der Waals surface area (Å²) in [7, 11) is 3.34. The van der Waals surface area contributed by atoms with Gasteiger partial charge in [0, 0.05) is 20.0 Å². The average Bonchev–Trinajstić information content (AvgIpc) is 2.97. The fourth-order valence-electron chi connectivity index (χ4n) is 2.86. The zero-order chi connectivity index (χ0) is 16.1. The summed E-state index contributed by atoms with van der Waals surface area (Å²) in [6.45, 7) is 0.724. The van der Waals surface area contributed by atoms with Crippen LogP contribution in [-0.4, -0.2) is 53.9 Å². The summed E-state index contributed by atoms with van der Waals surface area (Å²) in [6.07, 6.45) is 5.82. The molecule has 2 aliphatic rings. The molecule has 0 spiro atoms. The Kier molecular flexibility index (Phi) is 5.65. The molecule has 0 unspecified atom stereocenters. The van der Waals surface area contributed by atoms with Gasteiger partial charge in [-0.25, -0.2) is 10.0 Å². The van der Waals surface area contributed by atoms with Crippen LogP contribution in [0.25, 0.3) is 0 Å². The Balaban J connectivity index is 2.02. The molecule has 7 heteroatoms. The quantitative estimate of drug-likeness (QED) is 0.677. The molecule has 0 fully saturated rings. The van der Waals surface area contributed by atoms with Gasteiger partial charge in [-0.1, -0.05) is 19.3 Å². The maximum atomic E-state index is 11.7. The Morgan fingerprint density at radius 3 is 1.86 bits per heavy atom. The zero-order valence-electron chi connectivity index (χ0n) is 13.4. The second-order valence-corrected chi connectivity index (χ2v) is 5.92. The molecule has 2 N–H and O–H groups in total. The van der Waals surface area contributed by atoms with Crippen molar-refractivity contribution in [2.45, 2.75) is 44.9 Å². The highest BCUT2D eigenvalue weighted by Gasteiger charge is 2.34. The summed E-state index contributed by atoms with van der Waals surface area (Å²) in [5.74, 6) is 0.00324. The Morgan fingerprint density at radius 1 is 0.955 bits per heavy atom. The number of nitrogens with two attached hydrogens (primary N) is 1. The van der Waals surface area contributed by atoms with E-state index >= 15 is 0 Å². The van der Waals surface area contributed by atoms with E-state index in [9.17, 15) is 9.59 Å². The Labute approximate surface area is 131 Å². The van der Waals surface area contributed by atoms with E-state index < -0.39 is 0 Å². The molecule has 0 aromatic rings. The number of amides is 2. The second kappa shape index (κ2) is 7.49. The van der Waals surface area contributed by atoms with Gasteiger partial charge in [-0.2, -0.15) is 10.2 Å². The summed E-state index contributed by atoms with van der Waals surface area (Å²) in [5.41, 5.74) is 7.19. The minimum Gasteiger partial charge on any atom is -0.330 e. The number of unbranched alkanes of at least 4 members (excludes halogenated alkanes) is 3. The van der Waals surface area contributed by atoms with Gasteiger partial charge >= 0.3 is 0 Å². The molecule has 0 saturated carbocycles. The van der Waals surface area contributed by atoms with Crippen molar-refractivity contribution in [3.05, 3.63) is 0 Å². The first kappa shape index (κ1) is 16.6. The molecule has 2 heterocycles. The van der Waals surface area contributed by atoms with E-state index in [0.717, 1.165) is 50.1 Å². The van der Waals surface area contributed by atoms with Gasteiger partial charge < -0.3 is 5.73 Å². The van der Waals surface area contributed by atoms with Crippen LogP contribution in [0.15, 0.2) is 10.2 Å². The van der Waals surface area contributed by atoms with E-state index in [4.69, 9.17) is 5.73 Å². The average molecular weight is 307 g/mol. The third-order valence-electron chi connectivity index (χ3n) is 4.19. The van der Waals surface area contributed by atoms with Crippen LogP contribution < -0.4 is 5.73 Å². The van der Waals surface area contributed by atoms with Crippen LogP contribution >= 0.6 is 0 Å². The minimum atomic E-state index is 0.000626. The number of hydrazone groups is 2. The van der Waals surface area contributed by atoms with Gasteiger partial charge in [-0.3, -0.25) is 9.59 Å². The molecule has 0 bridgehead atoms. The van der Waals surface area contributed by atoms with Crippen LogP contribution in [0.3, 0.4) is 0 Å². The standard InChI is InChI=1S/C15H25N5O2/c1-19-14(21)9-12(17-19)11(7-5-3-4-6-8-16)13-10-15(22)20(2)18-13/h11H,3-10,16H2,1-2H3. The molecule has 2 aliphatic heterocycles. The van der Waals surface area contributed by atoms with Crippen molar-refractivity contribution in [1.29, 1.82) is 0 Å². The topological polar surface area (TPSA) is 91.4 Å². The van der Waals surface area contributed by atoms with Crippen LogP contribution in [0.2, 0.25) is 0 Å². The summed E-state index contributed by atoms with van der Waals surface area (Å²) >= 11 is 0. The number of carbonyl (C=O) groups excluding carboxylic acids is 2. The van der Waals surface area contributed by atoms with Crippen molar-refractivity contribution < 1.29 is 9.59 Å². The van der Waals surface area contributed by atoms with Crippen LogP contribution in [0.5, 0.6) is 0 Å². The zero-order valence-corrected chi connectivity index (χ0v) is 13.4. The molecular formula is C15H25N5O2. The maximum Gasteiger partial charge on any atom is 0.248 e. The highest BCUT2D eigenvalue weighted by Crippen LogP contribution is 2.25. The van der Waals surface area contributed by atoms with Crippen LogP contribution in [0.1, 0.15) is 44.9 Å². The number of hydrogen-bond donors (Lipinski definition) is 1. The normalized spacial score (nSPS) is 18.5. The van der Waals surface area contributed by atoms with Gasteiger partial charge in [0.1, 0.15) is 0 Å². The molecule has 0 radical (unpaired) electrons. The Morgan fingerprint density at radius 2 is 1.45 bits per heavy atom. The Hall–Kier alpha value is -1.76. The molecular weight excluding hydrogens is 282 g/mol. The summed E-state index contributed by atoms with van der Waals surface area (Å²) in [5, 5.41) is 11.5. The minimum absolute atomic E-state index is 0.000626. The first-order valence-corrected chi connectivity index (χ1v) is 7.91. The fourth-order valence-corrected chi connectivity index (χ4v) is 2.86. The molecule has 0 aromatic carbocycles. The van der Waals surface area contributed by atoms with Crippen LogP contribution in [0, 0.1) is 5.92 Å². The predicted molar refractivity (Wildman–Crippen MR) is 85.3 cm³/mol. The highest BCUT2D eigenvalue weighted by atomic mass is 16.2. The van der Waals surface area contributed by atoms with Crippen molar-refractivity contribution in [1.82, 2.24) is 10.0 Å². The third kappa shape index (κ3) is 3.91. The van der Waals surface area contributed by atoms with Crippen LogP contribution in [-0.2, 0) is 9.59 Å². The molecule has 0 aromatic heterocycles. The molecule has 0 saturated heterocycles. The first-order valence-electron chi connectivity index (χ1n) is 7.91. The SMILES string of the molecule is CN1N=C(C(CCCCCCN)C2=NN(C)C(=O)C2)CC1=O. The number of carbonyl (C=O) groups is 2. The van der Waals surface area contributed by atoms with Crippen molar-refractivity contribution in [3.63, 3.8) is 0 Å². The molecule has 2 amide bonds. The van der Waals surface area contributed by atoms with E-state index in [-0.39, 0.29) is 17.7 Å². The van der Waals surface area contributed by atoms with E-state index in [1.165, 1.54) is 10.0 Å². The van der Waals surface area contributed by atoms with Crippen molar-refractivity contribution in [3.8, 4) is 0 Å². The molecule has 7 nitrogen and oxygen atoms in total. The molecule has 0 aliphatic carbocycles. The van der Waals surface area contributed by atoms with E-state index in [1.54, 1.807) is 14.1 Å². The molecule has 2 rings (SSSR count). The van der Waals surface area contributed by atoms with Crippen molar-refractivity contribution in [2.75, 3.05) is 20.6 Å². The van der Waals surface area contributed by atoms with Gasteiger partial charge in [0.15, 0.2) is 0 Å². The molecule has 122 valence electrons. The van der Waals surface area contributed by atoms with E-state index in [2.05, 4.69) is 10.2 Å². The van der Waals surface area contributed by atoms with Gasteiger partial charge in [-0.05, 0) is 19.4 Å². The van der Waals surface area contributed by atoms with E-state index in [0.29, 0.717) is 12.8 Å². The van der Waals surface area contributed by atoms with Crippen LogP contribution in [0.4, 0.5) is 0 Å². The second-order valence-electron chi connectivity index (χ2n) is 5.92. The van der Waals surface area contributed by atoms with Crippen molar-refractivity contribution >= 4 is 23.2 Å². The molecule has 0 atom stereocenters. The summed E-state index contributed by atoms with van der Waals surface area (Å²) in [6, 6.07) is 0. The fraction of sp³-hybridized carbons (Fsp3) is 0.733. The molecule has 22 heavy (non-hydrogen) atoms. The number of rotatable bonds is 8. The first-order chi connectivity index (χ1) is 10.5. The lowest BCUT2D eigenvalue weighted by molar-refractivity contribution is -0.128. The third-order valence-corrected chi connectivity index (χ3v) is 4.19. The smallest absolute Gasteiger partial charge is 0.248 e. The predicted octanol–water partition coefficient (Wildman–Crippen LogP) is 0.948. The monoisotopic (exact) mass is 307 g/mol. The highest BCUT2D eigenvalue weighted by molar-refractivity contribution is 6.19. The number of hydrogen-bond acceptors (Lipinski definition) is 5. The summed E-state index contributed by atoms with van der Waals surface area (Å²) in [4.78, 5) is 23.5. The summed E-state index contributed by atoms with van der Waals surface area (Å²) < 4.78 is 0. The largest absolute Gasteiger partial charge is 0.330 e. The lowest BCUT2D eigenvalue weighted by atomic mass is 9.88.